The van der Waals surface area contributed by atoms with E-state index in [9.17, 15) is 9.18 Å². The smallest absolute Gasteiger partial charge is 0.254 e. The summed E-state index contributed by atoms with van der Waals surface area (Å²) >= 11 is 0. The van der Waals surface area contributed by atoms with Crippen molar-refractivity contribution in [3.63, 3.8) is 0 Å². The molecule has 2 rings (SSSR count). The molecule has 4 heteroatoms. The van der Waals surface area contributed by atoms with Crippen LogP contribution < -0.4 is 11.1 Å². The lowest BCUT2D eigenvalue weighted by Gasteiger charge is -2.29. The van der Waals surface area contributed by atoms with E-state index >= 15 is 0 Å². The van der Waals surface area contributed by atoms with Crippen LogP contribution in [0.1, 0.15) is 61.4 Å². The zero-order valence-electron chi connectivity index (χ0n) is 12.9. The van der Waals surface area contributed by atoms with Crippen molar-refractivity contribution in [2.75, 3.05) is 5.73 Å². The fourth-order valence-corrected chi connectivity index (χ4v) is 3.23. The van der Waals surface area contributed by atoms with Crippen LogP contribution in [0.15, 0.2) is 12.1 Å². The van der Waals surface area contributed by atoms with Gasteiger partial charge in [-0.3, -0.25) is 4.79 Å². The van der Waals surface area contributed by atoms with Crippen LogP contribution in [-0.2, 0) is 0 Å². The third-order valence-corrected chi connectivity index (χ3v) is 4.40. The summed E-state index contributed by atoms with van der Waals surface area (Å²) in [6.07, 6.45) is 6.76. The van der Waals surface area contributed by atoms with Gasteiger partial charge in [0.15, 0.2) is 0 Å². The number of benzene rings is 1. The van der Waals surface area contributed by atoms with Gasteiger partial charge in [-0.25, -0.2) is 4.39 Å². The zero-order chi connectivity index (χ0) is 15.4. The quantitative estimate of drug-likeness (QED) is 0.829. The van der Waals surface area contributed by atoms with E-state index < -0.39 is 5.82 Å². The van der Waals surface area contributed by atoms with Crippen molar-refractivity contribution in [2.24, 2.45) is 5.92 Å². The van der Waals surface area contributed by atoms with Gasteiger partial charge in [-0.2, -0.15) is 0 Å². The molecule has 1 aliphatic rings. The number of nitrogens with one attached hydrogen (secondary N) is 1. The summed E-state index contributed by atoms with van der Waals surface area (Å²) in [4.78, 5) is 12.2. The fourth-order valence-electron chi connectivity index (χ4n) is 3.23. The molecule has 0 heterocycles. The molecule has 1 aromatic carbocycles. The van der Waals surface area contributed by atoms with E-state index in [0.29, 0.717) is 11.3 Å². The summed E-state index contributed by atoms with van der Waals surface area (Å²) in [6, 6.07) is 3.12. The first-order chi connectivity index (χ1) is 10.0. The van der Waals surface area contributed by atoms with Gasteiger partial charge in [0.2, 0.25) is 0 Å². The lowest BCUT2D eigenvalue weighted by atomic mass is 9.83. The Bertz CT molecular complexity index is 508. The summed E-state index contributed by atoms with van der Waals surface area (Å²) in [5.74, 6) is -0.0299. The number of anilines is 1. The van der Waals surface area contributed by atoms with Gasteiger partial charge in [-0.05, 0) is 56.2 Å². The second kappa shape index (κ2) is 6.92. The Morgan fingerprint density at radius 2 is 2.00 bits per heavy atom. The predicted molar refractivity (Wildman–Crippen MR) is 83.7 cm³/mol. The lowest BCUT2D eigenvalue weighted by molar-refractivity contribution is 0.0917. The first-order valence-corrected chi connectivity index (χ1v) is 7.87. The Balaban J connectivity index is 1.97. The van der Waals surface area contributed by atoms with Crippen molar-refractivity contribution in [3.8, 4) is 0 Å². The largest absolute Gasteiger partial charge is 0.399 e. The molecule has 1 amide bonds. The highest BCUT2D eigenvalue weighted by Gasteiger charge is 2.23. The van der Waals surface area contributed by atoms with E-state index in [1.54, 1.807) is 13.0 Å². The van der Waals surface area contributed by atoms with Gasteiger partial charge in [0.25, 0.3) is 5.91 Å². The maximum absolute atomic E-state index is 14.0. The summed E-state index contributed by atoms with van der Waals surface area (Å²) in [5, 5.41) is 2.96. The van der Waals surface area contributed by atoms with Gasteiger partial charge in [0.1, 0.15) is 5.82 Å². The van der Waals surface area contributed by atoms with Crippen LogP contribution in [0.5, 0.6) is 0 Å². The Labute approximate surface area is 126 Å². The molecule has 21 heavy (non-hydrogen) atoms. The minimum absolute atomic E-state index is 0.0585. The van der Waals surface area contributed by atoms with E-state index in [1.165, 1.54) is 18.9 Å². The van der Waals surface area contributed by atoms with Crippen molar-refractivity contribution < 1.29 is 9.18 Å². The van der Waals surface area contributed by atoms with Crippen LogP contribution in [0.4, 0.5) is 10.1 Å². The second-order valence-electron chi connectivity index (χ2n) is 6.18. The number of nitrogens with two attached hydrogens (primary N) is 1. The van der Waals surface area contributed by atoms with Crippen molar-refractivity contribution in [1.82, 2.24) is 5.32 Å². The molecule has 0 atom stereocenters. The Morgan fingerprint density at radius 3 is 2.62 bits per heavy atom. The van der Waals surface area contributed by atoms with Crippen LogP contribution in [0, 0.1) is 18.7 Å². The number of rotatable bonds is 4. The molecule has 3 N–H and O–H groups in total. The number of carbonyl (C=O) groups excluding carboxylic acids is 1. The molecule has 1 aromatic rings. The van der Waals surface area contributed by atoms with Crippen LogP contribution >= 0.6 is 0 Å². The number of halogens is 1. The lowest BCUT2D eigenvalue weighted by Crippen LogP contribution is -2.38. The third kappa shape index (κ3) is 3.96. The Kier molecular flexibility index (Phi) is 5.21. The first kappa shape index (κ1) is 15.8. The SMILES string of the molecule is CCCC1CCC(NC(=O)c2cc(N)cc(C)c2F)CC1. The standard InChI is InChI=1S/C17H25FN2O/c1-3-4-12-5-7-14(8-6-12)20-17(21)15-10-13(19)9-11(2)16(15)18/h9-10,12,14H,3-8,19H2,1-2H3,(H,20,21). The number of amides is 1. The summed E-state index contributed by atoms with van der Waals surface area (Å²) in [7, 11) is 0. The van der Waals surface area contributed by atoms with E-state index in [2.05, 4.69) is 12.2 Å². The maximum Gasteiger partial charge on any atom is 0.254 e. The first-order valence-electron chi connectivity index (χ1n) is 7.87. The molecule has 1 aliphatic carbocycles. The van der Waals surface area contributed by atoms with Crippen LogP contribution in [0.3, 0.4) is 0 Å². The molecule has 1 saturated carbocycles. The van der Waals surface area contributed by atoms with Crippen LogP contribution in [-0.4, -0.2) is 11.9 Å². The van der Waals surface area contributed by atoms with Gasteiger partial charge in [-0.15, -0.1) is 0 Å². The maximum atomic E-state index is 14.0. The van der Waals surface area contributed by atoms with Crippen molar-refractivity contribution in [2.45, 2.75) is 58.4 Å². The van der Waals surface area contributed by atoms with Gasteiger partial charge in [-0.1, -0.05) is 19.8 Å². The van der Waals surface area contributed by atoms with Crippen molar-refractivity contribution >= 4 is 11.6 Å². The fraction of sp³-hybridized carbons (Fsp3) is 0.588. The summed E-state index contributed by atoms with van der Waals surface area (Å²) in [6.45, 7) is 3.83. The van der Waals surface area contributed by atoms with Gasteiger partial charge >= 0.3 is 0 Å². The summed E-state index contributed by atoms with van der Waals surface area (Å²) in [5.41, 5.74) is 6.59. The number of carbonyl (C=O) groups is 1. The van der Waals surface area contributed by atoms with Gasteiger partial charge in [0.05, 0.1) is 5.56 Å². The molecule has 0 saturated heterocycles. The summed E-state index contributed by atoms with van der Waals surface area (Å²) < 4.78 is 14.0. The molecule has 0 radical (unpaired) electrons. The molecule has 0 aliphatic heterocycles. The number of hydrogen-bond acceptors (Lipinski definition) is 2. The molecule has 0 spiro atoms. The molecule has 3 nitrogen and oxygen atoms in total. The highest BCUT2D eigenvalue weighted by Crippen LogP contribution is 2.28. The minimum atomic E-state index is -0.471. The van der Waals surface area contributed by atoms with Crippen LogP contribution in [0.25, 0.3) is 0 Å². The Hall–Kier alpha value is -1.58. The topological polar surface area (TPSA) is 55.1 Å². The number of nitrogen functional groups attached to an aromatic ring is 1. The monoisotopic (exact) mass is 292 g/mol. The minimum Gasteiger partial charge on any atom is -0.399 e. The highest BCUT2D eigenvalue weighted by atomic mass is 19.1. The number of hydrogen-bond donors (Lipinski definition) is 2. The third-order valence-electron chi connectivity index (χ3n) is 4.40. The second-order valence-corrected chi connectivity index (χ2v) is 6.18. The van der Waals surface area contributed by atoms with Gasteiger partial charge in [0, 0.05) is 11.7 Å². The normalized spacial score (nSPS) is 22.0. The molecule has 116 valence electrons. The number of aryl methyl sites for hydroxylation is 1. The zero-order valence-corrected chi connectivity index (χ0v) is 12.9. The van der Waals surface area contributed by atoms with E-state index in [0.717, 1.165) is 31.6 Å². The van der Waals surface area contributed by atoms with E-state index in [1.807, 2.05) is 0 Å². The molecular weight excluding hydrogens is 267 g/mol. The van der Waals surface area contributed by atoms with Crippen molar-refractivity contribution in [1.29, 1.82) is 0 Å². The predicted octanol–water partition coefficient (Wildman–Crippen LogP) is 3.81. The van der Waals surface area contributed by atoms with Crippen molar-refractivity contribution in [3.05, 3.63) is 29.1 Å². The van der Waals surface area contributed by atoms with Crippen LogP contribution in [0.2, 0.25) is 0 Å². The van der Waals surface area contributed by atoms with E-state index in [4.69, 9.17) is 5.73 Å². The molecule has 1 fully saturated rings. The Morgan fingerprint density at radius 1 is 1.33 bits per heavy atom. The average molecular weight is 292 g/mol. The molecule has 0 unspecified atom stereocenters. The molecule has 0 aromatic heterocycles. The average Bonchev–Trinajstić information content (AvgIpc) is 2.45. The highest BCUT2D eigenvalue weighted by molar-refractivity contribution is 5.95. The molecule has 0 bridgehead atoms. The molecular formula is C17H25FN2O. The van der Waals surface area contributed by atoms with Gasteiger partial charge < -0.3 is 11.1 Å². The van der Waals surface area contributed by atoms with E-state index in [-0.39, 0.29) is 17.5 Å².